The molecule has 0 spiro atoms. The Morgan fingerprint density at radius 1 is 1.27 bits per heavy atom. The number of rotatable bonds is 6. The molecule has 0 amide bonds. The van der Waals surface area contributed by atoms with Crippen LogP contribution in [0.1, 0.15) is 55.8 Å². The molecule has 0 saturated carbocycles. The Balaban J connectivity index is 1.16. The van der Waals surface area contributed by atoms with Crippen molar-refractivity contribution in [3.05, 3.63) is 35.4 Å². The van der Waals surface area contributed by atoms with Crippen LogP contribution >= 0.6 is 0 Å². The lowest BCUT2D eigenvalue weighted by Crippen LogP contribution is -2.47. The van der Waals surface area contributed by atoms with Crippen LogP contribution in [0.4, 0.5) is 0 Å². The molecule has 2 fully saturated rings. The summed E-state index contributed by atoms with van der Waals surface area (Å²) < 4.78 is 12.1. The van der Waals surface area contributed by atoms with Crippen molar-refractivity contribution < 1.29 is 9.47 Å². The normalized spacial score (nSPS) is 30.3. The molecule has 26 heavy (non-hydrogen) atoms. The number of fused-ring (bicyclic) bond motifs is 3. The molecule has 0 radical (unpaired) electrons. The largest absolute Gasteiger partial charge is 0.373 e. The second-order valence-electron chi connectivity index (χ2n) is 7.66. The first-order chi connectivity index (χ1) is 12.8. The molecule has 4 unspecified atom stereocenters. The van der Waals surface area contributed by atoms with Gasteiger partial charge in [-0.1, -0.05) is 24.3 Å². The molecule has 2 N–H and O–H groups in total. The van der Waals surface area contributed by atoms with Crippen molar-refractivity contribution >= 4 is 5.96 Å². The number of hydrogen-bond acceptors (Lipinski definition) is 3. The molecule has 3 aliphatic rings. The Morgan fingerprint density at radius 2 is 2.19 bits per heavy atom. The molecule has 1 aromatic rings. The fraction of sp³-hybridized carbons (Fsp3) is 0.667. The first kappa shape index (κ1) is 17.8. The Labute approximate surface area is 156 Å². The lowest BCUT2D eigenvalue weighted by Gasteiger charge is -2.26. The van der Waals surface area contributed by atoms with Gasteiger partial charge < -0.3 is 20.1 Å². The van der Waals surface area contributed by atoms with Crippen LogP contribution in [-0.2, 0) is 15.9 Å². The minimum absolute atomic E-state index is 0.267. The minimum atomic E-state index is 0.267. The van der Waals surface area contributed by atoms with Gasteiger partial charge in [-0.2, -0.15) is 0 Å². The van der Waals surface area contributed by atoms with Gasteiger partial charge in [-0.05, 0) is 56.1 Å². The summed E-state index contributed by atoms with van der Waals surface area (Å²) in [7, 11) is 1.83. The van der Waals surface area contributed by atoms with Gasteiger partial charge in [0.15, 0.2) is 5.96 Å². The quantitative estimate of drug-likeness (QED) is 0.467. The topological polar surface area (TPSA) is 54.9 Å². The van der Waals surface area contributed by atoms with Crippen molar-refractivity contribution in [2.45, 2.75) is 69.3 Å². The second-order valence-corrected chi connectivity index (χ2v) is 7.66. The Morgan fingerprint density at radius 3 is 3.00 bits per heavy atom. The van der Waals surface area contributed by atoms with E-state index in [0.29, 0.717) is 18.2 Å². The summed E-state index contributed by atoms with van der Waals surface area (Å²) in [6.45, 7) is 1.65. The first-order valence-corrected chi connectivity index (χ1v) is 10.2. The number of aryl methyl sites for hydroxylation is 1. The lowest BCUT2D eigenvalue weighted by molar-refractivity contribution is 0.0398. The van der Waals surface area contributed by atoms with Crippen LogP contribution in [0.15, 0.2) is 29.3 Å². The summed E-state index contributed by atoms with van der Waals surface area (Å²) in [4.78, 5) is 4.35. The van der Waals surface area contributed by atoms with E-state index >= 15 is 0 Å². The van der Waals surface area contributed by atoms with Gasteiger partial charge in [0, 0.05) is 20.2 Å². The average Bonchev–Trinajstić information content (AvgIpc) is 3.30. The van der Waals surface area contributed by atoms with Gasteiger partial charge in [0.05, 0.1) is 24.4 Å². The third kappa shape index (κ3) is 4.04. The van der Waals surface area contributed by atoms with Crippen molar-refractivity contribution in [1.29, 1.82) is 0 Å². The zero-order chi connectivity index (χ0) is 17.8. The highest BCUT2D eigenvalue weighted by Gasteiger charge is 2.41. The highest BCUT2D eigenvalue weighted by Crippen LogP contribution is 2.34. The van der Waals surface area contributed by atoms with Gasteiger partial charge in [0.2, 0.25) is 0 Å². The number of aliphatic imine (C=N–C) groups is 1. The minimum Gasteiger partial charge on any atom is -0.373 e. The smallest absolute Gasteiger partial charge is 0.191 e. The van der Waals surface area contributed by atoms with Gasteiger partial charge in [0.25, 0.3) is 0 Å². The Kier molecular flexibility index (Phi) is 5.75. The SMILES string of the molecule is CN=C(NCCCOC1CCCc2ccccc21)NC1CC2CCC1O2. The molecular weight excluding hydrogens is 326 g/mol. The van der Waals surface area contributed by atoms with Crippen LogP contribution < -0.4 is 10.6 Å². The molecule has 5 heteroatoms. The molecule has 4 rings (SSSR count). The first-order valence-electron chi connectivity index (χ1n) is 10.2. The van der Waals surface area contributed by atoms with E-state index in [2.05, 4.69) is 39.9 Å². The van der Waals surface area contributed by atoms with Crippen molar-refractivity contribution in [2.75, 3.05) is 20.2 Å². The van der Waals surface area contributed by atoms with Crippen LogP contribution in [0.2, 0.25) is 0 Å². The maximum atomic E-state index is 6.18. The number of guanidine groups is 1. The molecular formula is C21H31N3O2. The summed E-state index contributed by atoms with van der Waals surface area (Å²) >= 11 is 0. The zero-order valence-electron chi connectivity index (χ0n) is 15.7. The van der Waals surface area contributed by atoms with E-state index in [9.17, 15) is 0 Å². The molecule has 142 valence electrons. The fourth-order valence-corrected chi connectivity index (χ4v) is 4.55. The van der Waals surface area contributed by atoms with Crippen molar-refractivity contribution in [3.8, 4) is 0 Å². The monoisotopic (exact) mass is 357 g/mol. The molecule has 2 saturated heterocycles. The van der Waals surface area contributed by atoms with Crippen molar-refractivity contribution in [3.63, 3.8) is 0 Å². The van der Waals surface area contributed by atoms with E-state index in [1.165, 1.54) is 36.8 Å². The lowest BCUT2D eigenvalue weighted by atomic mass is 9.89. The summed E-state index contributed by atoms with van der Waals surface area (Å²) in [5.41, 5.74) is 2.85. The highest BCUT2D eigenvalue weighted by molar-refractivity contribution is 5.80. The van der Waals surface area contributed by atoms with Crippen LogP contribution in [-0.4, -0.2) is 44.4 Å². The number of ether oxygens (including phenoxy) is 2. The number of benzene rings is 1. The van der Waals surface area contributed by atoms with Gasteiger partial charge >= 0.3 is 0 Å². The second kappa shape index (κ2) is 8.40. The molecule has 2 bridgehead atoms. The maximum Gasteiger partial charge on any atom is 0.191 e. The van der Waals surface area contributed by atoms with E-state index in [0.717, 1.165) is 38.4 Å². The molecule has 2 heterocycles. The summed E-state index contributed by atoms with van der Waals surface area (Å²) in [6.07, 6.45) is 9.13. The van der Waals surface area contributed by atoms with Crippen LogP contribution in [0.5, 0.6) is 0 Å². The predicted molar refractivity (Wildman–Crippen MR) is 103 cm³/mol. The maximum absolute atomic E-state index is 6.18. The number of hydrogen-bond donors (Lipinski definition) is 2. The summed E-state index contributed by atoms with van der Waals surface area (Å²) in [6, 6.07) is 9.12. The van der Waals surface area contributed by atoms with Gasteiger partial charge in [-0.15, -0.1) is 0 Å². The molecule has 1 aliphatic carbocycles. The number of nitrogens with zero attached hydrogens (tertiary/aromatic N) is 1. The summed E-state index contributed by atoms with van der Waals surface area (Å²) in [5, 5.41) is 6.94. The van der Waals surface area contributed by atoms with Gasteiger partial charge in [-0.3, -0.25) is 4.99 Å². The molecule has 4 atom stereocenters. The van der Waals surface area contributed by atoms with E-state index < -0.39 is 0 Å². The highest BCUT2D eigenvalue weighted by atomic mass is 16.5. The summed E-state index contributed by atoms with van der Waals surface area (Å²) in [5.74, 6) is 0.883. The standard InChI is InChI=1S/C21H31N3O2/c1-22-21(24-18-14-16-10-11-20(18)26-16)23-12-5-13-25-19-9-4-7-15-6-2-3-8-17(15)19/h2-3,6,8,16,18-20H,4-5,7,9-14H2,1H3,(H2,22,23,24). The van der Waals surface area contributed by atoms with E-state index in [1.54, 1.807) is 0 Å². The molecule has 2 aliphatic heterocycles. The van der Waals surface area contributed by atoms with Gasteiger partial charge in [-0.25, -0.2) is 0 Å². The zero-order valence-corrected chi connectivity index (χ0v) is 15.7. The van der Waals surface area contributed by atoms with E-state index in [-0.39, 0.29) is 6.10 Å². The van der Waals surface area contributed by atoms with Crippen molar-refractivity contribution in [2.24, 2.45) is 4.99 Å². The predicted octanol–water partition coefficient (Wildman–Crippen LogP) is 2.96. The van der Waals surface area contributed by atoms with Crippen LogP contribution in [0.3, 0.4) is 0 Å². The molecule has 0 aromatic heterocycles. The molecule has 1 aromatic carbocycles. The van der Waals surface area contributed by atoms with Crippen molar-refractivity contribution in [1.82, 2.24) is 10.6 Å². The van der Waals surface area contributed by atoms with Crippen LogP contribution in [0, 0.1) is 0 Å². The van der Waals surface area contributed by atoms with E-state index in [4.69, 9.17) is 9.47 Å². The van der Waals surface area contributed by atoms with Gasteiger partial charge in [0.1, 0.15) is 0 Å². The average molecular weight is 357 g/mol. The third-order valence-corrected chi connectivity index (χ3v) is 5.90. The molecule has 5 nitrogen and oxygen atoms in total. The van der Waals surface area contributed by atoms with E-state index in [1.807, 2.05) is 7.05 Å². The Hall–Kier alpha value is -1.59. The Bertz CT molecular complexity index is 633. The number of nitrogens with one attached hydrogen (secondary N) is 2. The fourth-order valence-electron chi connectivity index (χ4n) is 4.55. The van der Waals surface area contributed by atoms with Crippen LogP contribution in [0.25, 0.3) is 0 Å². The third-order valence-electron chi connectivity index (χ3n) is 5.90.